The molecule has 0 aromatic heterocycles. The van der Waals surface area contributed by atoms with Gasteiger partial charge in [0.15, 0.2) is 0 Å². The maximum Gasteiger partial charge on any atom is 0.150 e. The van der Waals surface area contributed by atoms with Crippen LogP contribution in [-0.4, -0.2) is 26.1 Å². The minimum atomic E-state index is 0.513. The van der Waals surface area contributed by atoms with Crippen molar-refractivity contribution < 1.29 is 14.3 Å². The molecule has 3 nitrogen and oxygen atoms in total. The van der Waals surface area contributed by atoms with Crippen molar-refractivity contribution >= 4 is 6.29 Å². The van der Waals surface area contributed by atoms with Crippen molar-refractivity contribution in [3.05, 3.63) is 41.5 Å². The Balaban J connectivity index is 2.86. The highest BCUT2D eigenvalue weighted by molar-refractivity contribution is 5.76. The fraction of sp³-hybridized carbons (Fsp3) is 0.400. The predicted octanol–water partition coefficient (Wildman–Crippen LogP) is 2.95. The van der Waals surface area contributed by atoms with Gasteiger partial charge in [0.2, 0.25) is 0 Å². The number of hydrogen-bond acceptors (Lipinski definition) is 3. The summed E-state index contributed by atoms with van der Waals surface area (Å²) in [5.74, 6) is 0.834. The van der Waals surface area contributed by atoms with E-state index in [0.29, 0.717) is 31.8 Å². The average Bonchev–Trinajstić information content (AvgIpc) is 2.37. The molecule has 0 saturated carbocycles. The molecular formula is C15H20O3. The Kier molecular flexibility index (Phi) is 6.15. The van der Waals surface area contributed by atoms with Crippen LogP contribution in [-0.2, 0) is 11.2 Å². The summed E-state index contributed by atoms with van der Waals surface area (Å²) in [7, 11) is 0. The highest BCUT2D eigenvalue weighted by Crippen LogP contribution is 2.25. The Morgan fingerprint density at radius 2 is 2.11 bits per heavy atom. The molecular weight excluding hydrogens is 228 g/mol. The molecule has 98 valence electrons. The molecule has 0 heterocycles. The van der Waals surface area contributed by atoms with Crippen LogP contribution in [0.1, 0.15) is 28.4 Å². The lowest BCUT2D eigenvalue weighted by molar-refractivity contribution is 0.109. The van der Waals surface area contributed by atoms with Crippen LogP contribution < -0.4 is 4.74 Å². The quantitative estimate of drug-likeness (QED) is 0.403. The van der Waals surface area contributed by atoms with Crippen LogP contribution in [0.2, 0.25) is 0 Å². The molecule has 0 atom stereocenters. The van der Waals surface area contributed by atoms with Crippen LogP contribution in [0.3, 0.4) is 0 Å². The highest BCUT2D eigenvalue weighted by atomic mass is 16.5. The second kappa shape index (κ2) is 7.67. The summed E-state index contributed by atoms with van der Waals surface area (Å²) < 4.78 is 11.0. The minimum absolute atomic E-state index is 0.513. The molecule has 0 aliphatic rings. The monoisotopic (exact) mass is 248 g/mol. The molecule has 0 amide bonds. The molecule has 0 N–H and O–H groups in total. The Labute approximate surface area is 108 Å². The van der Waals surface area contributed by atoms with E-state index in [2.05, 4.69) is 6.58 Å². The number of aryl methyl sites for hydroxylation is 1. The van der Waals surface area contributed by atoms with Crippen LogP contribution in [0.5, 0.6) is 5.75 Å². The molecule has 1 aromatic carbocycles. The summed E-state index contributed by atoms with van der Waals surface area (Å²) >= 11 is 0. The maximum absolute atomic E-state index is 10.8. The topological polar surface area (TPSA) is 35.5 Å². The zero-order chi connectivity index (χ0) is 13.4. The van der Waals surface area contributed by atoms with E-state index in [-0.39, 0.29) is 0 Å². The van der Waals surface area contributed by atoms with Crippen molar-refractivity contribution in [2.24, 2.45) is 0 Å². The van der Waals surface area contributed by atoms with E-state index in [9.17, 15) is 4.79 Å². The SMILES string of the molecule is C=CCc1cc(C=O)cc(C)c1OCCOCC. The average molecular weight is 248 g/mol. The first-order chi connectivity index (χ1) is 8.72. The zero-order valence-electron chi connectivity index (χ0n) is 11.1. The Morgan fingerprint density at radius 3 is 2.72 bits per heavy atom. The van der Waals surface area contributed by atoms with Crippen molar-refractivity contribution in [2.75, 3.05) is 19.8 Å². The van der Waals surface area contributed by atoms with Gasteiger partial charge < -0.3 is 9.47 Å². The predicted molar refractivity (Wildman–Crippen MR) is 72.5 cm³/mol. The summed E-state index contributed by atoms with van der Waals surface area (Å²) in [6.45, 7) is 9.38. The van der Waals surface area contributed by atoms with E-state index >= 15 is 0 Å². The van der Waals surface area contributed by atoms with Crippen LogP contribution in [0.25, 0.3) is 0 Å². The van der Waals surface area contributed by atoms with Crippen molar-refractivity contribution in [1.82, 2.24) is 0 Å². The first kappa shape index (κ1) is 14.5. The van der Waals surface area contributed by atoms with Crippen molar-refractivity contribution in [3.63, 3.8) is 0 Å². The Bertz CT molecular complexity index is 410. The van der Waals surface area contributed by atoms with Gasteiger partial charge in [-0.15, -0.1) is 6.58 Å². The molecule has 0 unspecified atom stereocenters. The fourth-order valence-electron chi connectivity index (χ4n) is 1.81. The second-order valence-electron chi connectivity index (χ2n) is 3.98. The summed E-state index contributed by atoms with van der Waals surface area (Å²) in [4.78, 5) is 10.8. The number of hydrogen-bond donors (Lipinski definition) is 0. The summed E-state index contributed by atoms with van der Waals surface area (Å²) in [6, 6.07) is 3.67. The number of aldehydes is 1. The first-order valence-corrected chi connectivity index (χ1v) is 6.13. The zero-order valence-corrected chi connectivity index (χ0v) is 11.1. The van der Waals surface area contributed by atoms with E-state index < -0.39 is 0 Å². The number of allylic oxidation sites excluding steroid dienone is 1. The van der Waals surface area contributed by atoms with Crippen LogP contribution in [0.4, 0.5) is 0 Å². The van der Waals surface area contributed by atoms with Gasteiger partial charge in [-0.25, -0.2) is 0 Å². The number of carbonyl (C=O) groups is 1. The molecule has 0 fully saturated rings. The van der Waals surface area contributed by atoms with Crippen molar-refractivity contribution in [1.29, 1.82) is 0 Å². The van der Waals surface area contributed by atoms with E-state index in [4.69, 9.17) is 9.47 Å². The molecule has 0 aliphatic carbocycles. The molecule has 1 rings (SSSR count). The van der Waals surface area contributed by atoms with Crippen LogP contribution in [0, 0.1) is 6.92 Å². The van der Waals surface area contributed by atoms with Gasteiger partial charge in [-0.05, 0) is 43.5 Å². The molecule has 0 aliphatic heterocycles. The molecule has 0 saturated heterocycles. The first-order valence-electron chi connectivity index (χ1n) is 6.13. The fourth-order valence-corrected chi connectivity index (χ4v) is 1.81. The standard InChI is InChI=1S/C15H20O3/c1-4-6-14-10-13(11-16)9-12(3)15(14)18-8-7-17-5-2/h4,9-11H,1,5-8H2,2-3H3. The van der Waals surface area contributed by atoms with Crippen molar-refractivity contribution in [3.8, 4) is 5.75 Å². The van der Waals surface area contributed by atoms with Gasteiger partial charge in [-0.3, -0.25) is 4.79 Å². The largest absolute Gasteiger partial charge is 0.491 e. The van der Waals surface area contributed by atoms with Gasteiger partial charge >= 0.3 is 0 Å². The number of benzene rings is 1. The lowest BCUT2D eigenvalue weighted by Gasteiger charge is -2.14. The van der Waals surface area contributed by atoms with E-state index in [1.54, 1.807) is 6.08 Å². The normalized spacial score (nSPS) is 10.1. The molecule has 0 bridgehead atoms. The number of carbonyl (C=O) groups excluding carboxylic acids is 1. The van der Waals surface area contributed by atoms with Crippen LogP contribution >= 0.6 is 0 Å². The molecule has 0 radical (unpaired) electrons. The number of ether oxygens (including phenoxy) is 2. The van der Waals surface area contributed by atoms with Gasteiger partial charge in [-0.1, -0.05) is 6.08 Å². The van der Waals surface area contributed by atoms with E-state index in [0.717, 1.165) is 23.2 Å². The lowest BCUT2D eigenvalue weighted by atomic mass is 10.0. The maximum atomic E-state index is 10.8. The van der Waals surface area contributed by atoms with Gasteiger partial charge in [0.25, 0.3) is 0 Å². The van der Waals surface area contributed by atoms with Crippen LogP contribution in [0.15, 0.2) is 24.8 Å². The van der Waals surface area contributed by atoms with Gasteiger partial charge in [0, 0.05) is 12.2 Å². The third-order valence-electron chi connectivity index (χ3n) is 2.55. The van der Waals surface area contributed by atoms with Gasteiger partial charge in [-0.2, -0.15) is 0 Å². The molecule has 1 aromatic rings. The Hall–Kier alpha value is -1.61. The Morgan fingerprint density at radius 1 is 1.33 bits per heavy atom. The third-order valence-corrected chi connectivity index (χ3v) is 2.55. The summed E-state index contributed by atoms with van der Waals surface area (Å²) in [6.07, 6.45) is 3.34. The third kappa shape index (κ3) is 4.00. The van der Waals surface area contributed by atoms with Crippen molar-refractivity contribution in [2.45, 2.75) is 20.3 Å². The smallest absolute Gasteiger partial charge is 0.150 e. The van der Waals surface area contributed by atoms with Gasteiger partial charge in [0.05, 0.1) is 6.61 Å². The molecule has 0 spiro atoms. The highest BCUT2D eigenvalue weighted by Gasteiger charge is 2.08. The molecule has 3 heteroatoms. The number of rotatable bonds is 8. The van der Waals surface area contributed by atoms with E-state index in [1.165, 1.54) is 0 Å². The second-order valence-corrected chi connectivity index (χ2v) is 3.98. The lowest BCUT2D eigenvalue weighted by Crippen LogP contribution is -2.09. The molecule has 18 heavy (non-hydrogen) atoms. The summed E-state index contributed by atoms with van der Waals surface area (Å²) in [5, 5.41) is 0. The minimum Gasteiger partial charge on any atom is -0.491 e. The summed E-state index contributed by atoms with van der Waals surface area (Å²) in [5.41, 5.74) is 2.62. The van der Waals surface area contributed by atoms with E-state index in [1.807, 2.05) is 26.0 Å². The van der Waals surface area contributed by atoms with Gasteiger partial charge in [0.1, 0.15) is 18.6 Å².